The first-order chi connectivity index (χ1) is 9.17. The van der Waals surface area contributed by atoms with Gasteiger partial charge in [-0.1, -0.05) is 0 Å². The average Bonchev–Trinajstić information content (AvgIpc) is 3.13. The number of ether oxygens (including phenoxy) is 1. The first kappa shape index (κ1) is 13.7. The summed E-state index contributed by atoms with van der Waals surface area (Å²) in [6.45, 7) is 2.86. The SMILES string of the molecule is COC(=O)[C@@H]1CCC[NH+]1CP12(OCCO1)OCCO2. The normalized spacial score (nSPS) is 38.1. The Morgan fingerprint density at radius 3 is 2.32 bits per heavy atom. The molecular weight excluding hydrogens is 273 g/mol. The van der Waals surface area contributed by atoms with Gasteiger partial charge in [-0.2, -0.15) is 0 Å². The van der Waals surface area contributed by atoms with Crippen LogP contribution in [-0.2, 0) is 27.6 Å². The third-order valence-corrected chi connectivity index (χ3v) is 7.61. The zero-order chi connectivity index (χ0) is 13.4. The van der Waals surface area contributed by atoms with Crippen LogP contribution >= 0.6 is 7.51 Å². The minimum absolute atomic E-state index is 0.165. The predicted octanol–water partition coefficient (Wildman–Crippen LogP) is -0.529. The Morgan fingerprint density at radius 1 is 1.21 bits per heavy atom. The van der Waals surface area contributed by atoms with Gasteiger partial charge < -0.3 is 0 Å². The van der Waals surface area contributed by atoms with Crippen LogP contribution in [0.25, 0.3) is 0 Å². The molecule has 19 heavy (non-hydrogen) atoms. The second-order valence-corrected chi connectivity index (χ2v) is 8.36. The van der Waals surface area contributed by atoms with Crippen molar-refractivity contribution in [2.75, 3.05) is 46.4 Å². The molecule has 0 aliphatic carbocycles. The summed E-state index contributed by atoms with van der Waals surface area (Å²) >= 11 is 0. The van der Waals surface area contributed by atoms with E-state index in [0.29, 0.717) is 32.7 Å². The van der Waals surface area contributed by atoms with E-state index in [1.807, 2.05) is 0 Å². The molecule has 0 saturated carbocycles. The molecule has 1 spiro atoms. The van der Waals surface area contributed by atoms with Crippen molar-refractivity contribution >= 4 is 13.5 Å². The molecule has 0 bridgehead atoms. The van der Waals surface area contributed by atoms with Crippen molar-refractivity contribution in [3.05, 3.63) is 0 Å². The minimum atomic E-state index is -3.41. The van der Waals surface area contributed by atoms with Crippen LogP contribution in [0.15, 0.2) is 0 Å². The van der Waals surface area contributed by atoms with E-state index in [4.69, 9.17) is 22.8 Å². The second-order valence-electron chi connectivity index (χ2n) is 5.08. The third kappa shape index (κ3) is 2.28. The van der Waals surface area contributed by atoms with Gasteiger partial charge in [-0.05, 0) is 0 Å². The zero-order valence-electron chi connectivity index (χ0n) is 11.1. The van der Waals surface area contributed by atoms with Crippen LogP contribution in [0.4, 0.5) is 0 Å². The Kier molecular flexibility index (Phi) is 3.53. The molecule has 1 N–H and O–H groups in total. The van der Waals surface area contributed by atoms with Crippen LogP contribution in [0.1, 0.15) is 12.8 Å². The molecule has 110 valence electrons. The summed E-state index contributed by atoms with van der Waals surface area (Å²) in [6.07, 6.45) is 2.29. The predicted molar refractivity (Wildman–Crippen MR) is 66.5 cm³/mol. The number of carbonyl (C=O) groups excluding carboxylic acids is 1. The summed E-state index contributed by atoms with van der Waals surface area (Å²) < 4.78 is 28.1. The number of hydrogen-bond acceptors (Lipinski definition) is 6. The van der Waals surface area contributed by atoms with Crippen molar-refractivity contribution < 1.29 is 32.5 Å². The molecule has 0 radical (unpaired) electrons. The first-order valence-corrected chi connectivity index (χ1v) is 8.80. The van der Waals surface area contributed by atoms with Crippen LogP contribution in [-0.4, -0.2) is 58.4 Å². The summed E-state index contributed by atoms with van der Waals surface area (Å²) in [4.78, 5) is 12.9. The topological polar surface area (TPSA) is 67.7 Å². The van der Waals surface area contributed by atoms with E-state index in [-0.39, 0.29) is 12.0 Å². The number of rotatable bonds is 3. The van der Waals surface area contributed by atoms with Crippen molar-refractivity contribution in [3.8, 4) is 0 Å². The maximum atomic E-state index is 11.8. The van der Waals surface area contributed by atoms with E-state index < -0.39 is 7.51 Å². The summed E-state index contributed by atoms with van der Waals surface area (Å²) in [5.74, 6) is -0.178. The van der Waals surface area contributed by atoms with Gasteiger partial charge in [-0.25, -0.2) is 0 Å². The summed E-state index contributed by atoms with van der Waals surface area (Å²) in [5, 5.41) is 0. The number of methoxy groups -OCH3 is 1. The third-order valence-electron chi connectivity index (χ3n) is 3.96. The fraction of sp³-hybridized carbons (Fsp3) is 0.909. The standard InChI is InChI=1S/C11H20NO6P/c1-14-11(13)10-3-2-4-12(10)9-19(15-5-6-16-19)17-7-8-18-19/h10H,2-9H2,1H3/p+1/t10-/m0/s1. The van der Waals surface area contributed by atoms with E-state index >= 15 is 0 Å². The number of carbonyl (C=O) groups is 1. The van der Waals surface area contributed by atoms with E-state index in [9.17, 15) is 4.79 Å². The Hall–Kier alpha value is -0.300. The Balaban J connectivity index is 1.77. The van der Waals surface area contributed by atoms with Gasteiger partial charge in [-0.15, -0.1) is 0 Å². The Morgan fingerprint density at radius 2 is 1.79 bits per heavy atom. The van der Waals surface area contributed by atoms with Crippen LogP contribution in [0.3, 0.4) is 0 Å². The quantitative estimate of drug-likeness (QED) is 0.557. The fourth-order valence-electron chi connectivity index (χ4n) is 3.12. The number of nitrogens with one attached hydrogen (secondary N) is 1. The van der Waals surface area contributed by atoms with E-state index in [0.717, 1.165) is 24.3 Å². The van der Waals surface area contributed by atoms with Gasteiger partial charge in [0.1, 0.15) is 0 Å². The monoisotopic (exact) mass is 294 g/mol. The Labute approximate surface area is 112 Å². The maximum absolute atomic E-state index is 11.8. The summed E-state index contributed by atoms with van der Waals surface area (Å²) in [6, 6.07) is -0.165. The molecule has 3 fully saturated rings. The molecule has 3 aliphatic rings. The van der Waals surface area contributed by atoms with Crippen LogP contribution in [0.2, 0.25) is 0 Å². The molecule has 2 atom stereocenters. The molecule has 1 unspecified atom stereocenters. The molecule has 3 aliphatic heterocycles. The molecular formula is C11H21NO6P+. The summed E-state index contributed by atoms with van der Waals surface area (Å²) in [7, 11) is -1.98. The number of esters is 1. The van der Waals surface area contributed by atoms with E-state index in [1.165, 1.54) is 7.11 Å². The van der Waals surface area contributed by atoms with Crippen molar-refractivity contribution in [2.45, 2.75) is 18.9 Å². The second kappa shape index (κ2) is 4.91. The van der Waals surface area contributed by atoms with Crippen molar-refractivity contribution in [1.29, 1.82) is 0 Å². The molecule has 3 heterocycles. The van der Waals surface area contributed by atoms with Crippen molar-refractivity contribution in [2.24, 2.45) is 0 Å². The fourth-order valence-corrected chi connectivity index (χ4v) is 6.68. The van der Waals surface area contributed by atoms with Gasteiger partial charge in [-0.3, -0.25) is 0 Å². The number of quaternary nitrogens is 1. The molecule has 0 amide bonds. The molecule has 8 heteroatoms. The summed E-state index contributed by atoms with van der Waals surface area (Å²) in [5.41, 5.74) is 0. The van der Waals surface area contributed by atoms with Gasteiger partial charge >= 0.3 is 111 Å². The number of likely N-dealkylation sites (tertiary alicyclic amines) is 1. The Bertz CT molecular complexity index is 343. The van der Waals surface area contributed by atoms with Gasteiger partial charge in [0.25, 0.3) is 0 Å². The van der Waals surface area contributed by atoms with Crippen molar-refractivity contribution in [1.82, 2.24) is 0 Å². The van der Waals surface area contributed by atoms with E-state index in [1.54, 1.807) is 0 Å². The molecule has 0 aromatic carbocycles. The van der Waals surface area contributed by atoms with Gasteiger partial charge in [0.05, 0.1) is 0 Å². The van der Waals surface area contributed by atoms with Gasteiger partial charge in [0.15, 0.2) is 0 Å². The average molecular weight is 294 g/mol. The van der Waals surface area contributed by atoms with Crippen LogP contribution in [0, 0.1) is 0 Å². The van der Waals surface area contributed by atoms with Gasteiger partial charge in [0, 0.05) is 0 Å². The van der Waals surface area contributed by atoms with Gasteiger partial charge in [0.2, 0.25) is 0 Å². The molecule has 7 nitrogen and oxygen atoms in total. The van der Waals surface area contributed by atoms with E-state index in [2.05, 4.69) is 0 Å². The first-order valence-electron chi connectivity index (χ1n) is 6.71. The van der Waals surface area contributed by atoms with Crippen molar-refractivity contribution in [3.63, 3.8) is 0 Å². The molecule has 3 saturated heterocycles. The van der Waals surface area contributed by atoms with Crippen LogP contribution in [0.5, 0.6) is 0 Å². The molecule has 3 rings (SSSR count). The molecule has 0 aromatic rings. The molecule has 0 aromatic heterocycles. The number of hydrogen-bond donors (Lipinski definition) is 1. The zero-order valence-corrected chi connectivity index (χ0v) is 12.0. The van der Waals surface area contributed by atoms with Crippen LogP contribution < -0.4 is 4.90 Å².